The third kappa shape index (κ3) is 6.02. The summed E-state index contributed by atoms with van der Waals surface area (Å²) < 4.78 is 5.22. The third-order valence-corrected chi connectivity index (χ3v) is 3.99. The predicted molar refractivity (Wildman–Crippen MR) is 85.7 cm³/mol. The molecule has 0 aliphatic heterocycles. The molecule has 110 valence electrons. The number of carbonyl (C=O) groups excluding carboxylic acids is 1. The van der Waals surface area contributed by atoms with Crippen molar-refractivity contribution < 1.29 is 9.53 Å². The van der Waals surface area contributed by atoms with E-state index in [1.807, 2.05) is 60.7 Å². The number of benzene rings is 2. The summed E-state index contributed by atoms with van der Waals surface area (Å²) in [6.45, 7) is 0.320. The molecule has 0 saturated carbocycles. The topological polar surface area (TPSA) is 52.3 Å². The van der Waals surface area contributed by atoms with Crippen molar-refractivity contribution >= 4 is 17.7 Å². The molecular weight excluding hydrogens is 282 g/mol. The molecule has 2 N–H and O–H groups in total. The first kappa shape index (κ1) is 15.6. The summed E-state index contributed by atoms with van der Waals surface area (Å²) in [6.07, 6.45) is 0.945. The fourth-order valence-electron chi connectivity index (χ4n) is 1.80. The molecule has 0 radical (unpaired) electrons. The van der Waals surface area contributed by atoms with Crippen molar-refractivity contribution in [3.8, 4) is 0 Å². The summed E-state index contributed by atoms with van der Waals surface area (Å²) in [5, 5.41) is -0.100. The average Bonchev–Trinajstić information content (AvgIpc) is 2.53. The molecule has 1 atom stereocenters. The number of thioether (sulfide) groups is 1. The van der Waals surface area contributed by atoms with Crippen molar-refractivity contribution in [1.29, 1.82) is 0 Å². The molecule has 0 heterocycles. The number of esters is 1. The Kier molecular flexibility index (Phi) is 6.31. The van der Waals surface area contributed by atoms with Gasteiger partial charge in [0, 0.05) is 11.3 Å². The van der Waals surface area contributed by atoms with Crippen molar-refractivity contribution in [2.45, 2.75) is 29.7 Å². The zero-order valence-electron chi connectivity index (χ0n) is 11.8. The highest BCUT2D eigenvalue weighted by molar-refractivity contribution is 7.99. The molecule has 0 fully saturated rings. The van der Waals surface area contributed by atoms with E-state index < -0.39 is 0 Å². The van der Waals surface area contributed by atoms with Crippen LogP contribution in [0.5, 0.6) is 0 Å². The lowest BCUT2D eigenvalue weighted by molar-refractivity contribution is -0.145. The normalized spacial score (nSPS) is 11.9. The molecular formula is C17H19NO2S. The van der Waals surface area contributed by atoms with Gasteiger partial charge in [-0.15, -0.1) is 11.8 Å². The zero-order chi connectivity index (χ0) is 14.9. The number of hydrogen-bond donors (Lipinski definition) is 1. The average molecular weight is 301 g/mol. The monoisotopic (exact) mass is 301 g/mol. The number of carbonyl (C=O) groups is 1. The van der Waals surface area contributed by atoms with Crippen LogP contribution in [0.4, 0.5) is 0 Å². The molecule has 21 heavy (non-hydrogen) atoms. The van der Waals surface area contributed by atoms with E-state index in [1.54, 1.807) is 11.8 Å². The maximum atomic E-state index is 11.7. The lowest BCUT2D eigenvalue weighted by Crippen LogP contribution is -2.17. The molecule has 4 heteroatoms. The Balaban J connectivity index is 1.66. The fourth-order valence-corrected chi connectivity index (χ4v) is 2.70. The van der Waals surface area contributed by atoms with Crippen molar-refractivity contribution in [3.63, 3.8) is 0 Å². The first-order valence-electron chi connectivity index (χ1n) is 6.91. The van der Waals surface area contributed by atoms with E-state index in [9.17, 15) is 4.79 Å². The summed E-state index contributed by atoms with van der Waals surface area (Å²) in [5.41, 5.74) is 7.01. The lowest BCUT2D eigenvalue weighted by Gasteiger charge is -2.11. The highest BCUT2D eigenvalue weighted by Crippen LogP contribution is 2.22. The van der Waals surface area contributed by atoms with Gasteiger partial charge in [-0.3, -0.25) is 4.79 Å². The van der Waals surface area contributed by atoms with Crippen LogP contribution < -0.4 is 5.73 Å². The van der Waals surface area contributed by atoms with Gasteiger partial charge < -0.3 is 10.5 Å². The maximum Gasteiger partial charge on any atom is 0.306 e. The number of hydrogen-bond acceptors (Lipinski definition) is 4. The van der Waals surface area contributed by atoms with Crippen LogP contribution in [0.2, 0.25) is 0 Å². The Morgan fingerprint density at radius 1 is 1.05 bits per heavy atom. The van der Waals surface area contributed by atoms with Crippen LogP contribution in [0.25, 0.3) is 0 Å². The van der Waals surface area contributed by atoms with E-state index in [1.165, 1.54) is 0 Å². The number of rotatable bonds is 7. The molecule has 0 aliphatic rings. The summed E-state index contributed by atoms with van der Waals surface area (Å²) in [5.74, 6) is -0.206. The standard InChI is InChI=1S/C17H19NO2S/c18-16(21-15-9-5-2-6-10-15)11-12-17(19)20-13-14-7-3-1-4-8-14/h1-10,16H,11-13,18H2. The van der Waals surface area contributed by atoms with Crippen LogP contribution in [0.1, 0.15) is 18.4 Å². The number of ether oxygens (including phenoxy) is 1. The minimum atomic E-state index is -0.206. The molecule has 2 aromatic rings. The second-order valence-corrected chi connectivity index (χ2v) is 5.97. The molecule has 3 nitrogen and oxygen atoms in total. The second kappa shape index (κ2) is 8.49. The minimum Gasteiger partial charge on any atom is -0.461 e. The fraction of sp³-hybridized carbons (Fsp3) is 0.235. The molecule has 0 amide bonds. The highest BCUT2D eigenvalue weighted by Gasteiger charge is 2.09. The van der Waals surface area contributed by atoms with Gasteiger partial charge >= 0.3 is 5.97 Å². The summed E-state index contributed by atoms with van der Waals surface area (Å²) >= 11 is 1.57. The molecule has 0 aliphatic carbocycles. The van der Waals surface area contributed by atoms with Gasteiger partial charge in [0.05, 0.1) is 5.37 Å². The van der Waals surface area contributed by atoms with Crippen LogP contribution in [0.15, 0.2) is 65.6 Å². The molecule has 0 aromatic heterocycles. The molecule has 0 saturated heterocycles. The van der Waals surface area contributed by atoms with E-state index in [2.05, 4.69) is 0 Å². The smallest absolute Gasteiger partial charge is 0.306 e. The van der Waals surface area contributed by atoms with Gasteiger partial charge in [0.2, 0.25) is 0 Å². The van der Waals surface area contributed by atoms with Gasteiger partial charge in [-0.05, 0) is 24.1 Å². The van der Waals surface area contributed by atoms with E-state index in [4.69, 9.17) is 10.5 Å². The van der Waals surface area contributed by atoms with Crippen LogP contribution in [0, 0.1) is 0 Å². The van der Waals surface area contributed by atoms with E-state index in [0.717, 1.165) is 10.5 Å². The molecule has 0 bridgehead atoms. The Bertz CT molecular complexity index is 545. The van der Waals surface area contributed by atoms with Crippen LogP contribution in [-0.2, 0) is 16.1 Å². The molecule has 1 unspecified atom stereocenters. The lowest BCUT2D eigenvalue weighted by atomic mass is 10.2. The predicted octanol–water partition coefficient (Wildman–Crippen LogP) is 3.59. The summed E-state index contributed by atoms with van der Waals surface area (Å²) in [7, 11) is 0. The minimum absolute atomic E-state index is 0.100. The van der Waals surface area contributed by atoms with Gasteiger partial charge in [-0.1, -0.05) is 48.5 Å². The first-order valence-corrected chi connectivity index (χ1v) is 7.79. The summed E-state index contributed by atoms with van der Waals surface area (Å²) in [4.78, 5) is 12.8. The first-order chi connectivity index (χ1) is 10.2. The second-order valence-electron chi connectivity index (χ2n) is 4.65. The maximum absolute atomic E-state index is 11.7. The van der Waals surface area contributed by atoms with Crippen LogP contribution >= 0.6 is 11.8 Å². The van der Waals surface area contributed by atoms with Gasteiger partial charge in [0.25, 0.3) is 0 Å². The van der Waals surface area contributed by atoms with E-state index >= 15 is 0 Å². The van der Waals surface area contributed by atoms with Gasteiger partial charge in [0.1, 0.15) is 6.61 Å². The quantitative estimate of drug-likeness (QED) is 0.482. The number of nitrogens with two attached hydrogens (primary N) is 1. The Morgan fingerprint density at radius 3 is 2.33 bits per heavy atom. The zero-order valence-corrected chi connectivity index (χ0v) is 12.6. The van der Waals surface area contributed by atoms with Gasteiger partial charge in [-0.2, -0.15) is 0 Å². The Morgan fingerprint density at radius 2 is 1.67 bits per heavy atom. The highest BCUT2D eigenvalue weighted by atomic mass is 32.2. The van der Waals surface area contributed by atoms with Gasteiger partial charge in [0.15, 0.2) is 0 Å². The van der Waals surface area contributed by atoms with Crippen molar-refractivity contribution in [3.05, 3.63) is 66.2 Å². The van der Waals surface area contributed by atoms with Crippen LogP contribution in [-0.4, -0.2) is 11.3 Å². The van der Waals surface area contributed by atoms with Crippen molar-refractivity contribution in [2.75, 3.05) is 0 Å². The van der Waals surface area contributed by atoms with Crippen LogP contribution in [0.3, 0.4) is 0 Å². The van der Waals surface area contributed by atoms with E-state index in [0.29, 0.717) is 19.4 Å². The van der Waals surface area contributed by atoms with Crippen molar-refractivity contribution in [2.24, 2.45) is 5.73 Å². The third-order valence-electron chi connectivity index (χ3n) is 2.91. The van der Waals surface area contributed by atoms with Gasteiger partial charge in [-0.25, -0.2) is 0 Å². The SMILES string of the molecule is NC(CCC(=O)OCc1ccccc1)Sc1ccccc1. The van der Waals surface area contributed by atoms with E-state index in [-0.39, 0.29) is 11.3 Å². The Labute approximate surface area is 129 Å². The largest absolute Gasteiger partial charge is 0.461 e. The Hall–Kier alpha value is -1.78. The molecule has 0 spiro atoms. The van der Waals surface area contributed by atoms with Crippen molar-refractivity contribution in [1.82, 2.24) is 0 Å². The summed E-state index contributed by atoms with van der Waals surface area (Å²) in [6, 6.07) is 19.6. The molecule has 2 aromatic carbocycles. The molecule has 2 rings (SSSR count).